The van der Waals surface area contributed by atoms with Crippen LogP contribution in [0.4, 0.5) is 8.78 Å². The number of halogens is 2. The molecule has 6 nitrogen and oxygen atoms in total. The van der Waals surface area contributed by atoms with Gasteiger partial charge >= 0.3 is 0 Å². The molecule has 2 aromatic carbocycles. The van der Waals surface area contributed by atoms with Crippen molar-refractivity contribution in [3.05, 3.63) is 71.3 Å². The summed E-state index contributed by atoms with van der Waals surface area (Å²) in [4.78, 5) is 27.9. The van der Waals surface area contributed by atoms with Crippen molar-refractivity contribution in [2.24, 2.45) is 5.92 Å². The summed E-state index contributed by atoms with van der Waals surface area (Å²) >= 11 is 0. The number of hydrogen-bond donors (Lipinski definition) is 1. The van der Waals surface area contributed by atoms with Gasteiger partial charge in [-0.05, 0) is 41.8 Å². The number of benzene rings is 2. The number of carbonyl (C=O) groups is 2. The van der Waals surface area contributed by atoms with Crippen molar-refractivity contribution < 1.29 is 23.6 Å². The van der Waals surface area contributed by atoms with Crippen molar-refractivity contribution >= 4 is 12.3 Å². The Morgan fingerprint density at radius 1 is 1.00 bits per heavy atom. The van der Waals surface area contributed by atoms with Crippen molar-refractivity contribution in [3.63, 3.8) is 0 Å². The van der Waals surface area contributed by atoms with Crippen molar-refractivity contribution in [1.29, 1.82) is 0 Å². The molecular weight excluding hydrogens is 428 g/mol. The van der Waals surface area contributed by atoms with E-state index in [4.69, 9.17) is 0 Å². The van der Waals surface area contributed by atoms with Crippen LogP contribution in [0, 0.1) is 17.6 Å². The summed E-state index contributed by atoms with van der Waals surface area (Å²) in [6.45, 7) is 4.17. The molecule has 2 aromatic rings. The van der Waals surface area contributed by atoms with E-state index in [1.54, 1.807) is 29.2 Å². The van der Waals surface area contributed by atoms with E-state index in [1.165, 1.54) is 24.3 Å². The van der Waals surface area contributed by atoms with Gasteiger partial charge in [-0.25, -0.2) is 13.8 Å². The zero-order valence-corrected chi connectivity index (χ0v) is 18.9. The van der Waals surface area contributed by atoms with Crippen LogP contribution in [0.3, 0.4) is 0 Å². The maximum atomic E-state index is 13.5. The van der Waals surface area contributed by atoms with Gasteiger partial charge in [0, 0.05) is 26.2 Å². The van der Waals surface area contributed by atoms with Crippen LogP contribution in [0.1, 0.15) is 43.4 Å². The molecule has 1 saturated heterocycles. The minimum absolute atomic E-state index is 0.0175. The maximum Gasteiger partial charge on any atom is 0.233 e. The number of hydrogen-bond acceptors (Lipinski definition) is 4. The SMILES string of the molecule is CCCCC(CN(O)C=O)C(=O)N1CCN(C(c2ccc(F)cc2)c2ccc(F)cc2)CC1. The van der Waals surface area contributed by atoms with E-state index in [9.17, 15) is 23.6 Å². The molecular formula is C25H31F2N3O3. The van der Waals surface area contributed by atoms with Gasteiger partial charge in [-0.1, -0.05) is 44.0 Å². The number of nitrogens with zero attached hydrogens (tertiary/aromatic N) is 3. The van der Waals surface area contributed by atoms with E-state index >= 15 is 0 Å². The van der Waals surface area contributed by atoms with Gasteiger partial charge in [0.1, 0.15) is 11.6 Å². The number of carbonyl (C=O) groups excluding carboxylic acids is 2. The van der Waals surface area contributed by atoms with Crippen LogP contribution in [0.15, 0.2) is 48.5 Å². The van der Waals surface area contributed by atoms with Gasteiger partial charge in [0.25, 0.3) is 0 Å². The Balaban J connectivity index is 1.73. The smallest absolute Gasteiger partial charge is 0.233 e. The molecule has 0 aliphatic carbocycles. The zero-order chi connectivity index (χ0) is 23.8. The quantitative estimate of drug-likeness (QED) is 0.333. The van der Waals surface area contributed by atoms with Crippen LogP contribution in [0.2, 0.25) is 0 Å². The Hall–Kier alpha value is -2.84. The van der Waals surface area contributed by atoms with Gasteiger partial charge < -0.3 is 4.90 Å². The predicted octanol–water partition coefficient (Wildman–Crippen LogP) is 3.85. The number of piperazine rings is 1. The topological polar surface area (TPSA) is 64.1 Å². The van der Waals surface area contributed by atoms with E-state index in [0.717, 1.165) is 24.0 Å². The second-order valence-electron chi connectivity index (χ2n) is 8.43. The summed E-state index contributed by atoms with van der Waals surface area (Å²) in [5.41, 5.74) is 1.79. The number of unbranched alkanes of at least 4 members (excludes halogenated alkanes) is 1. The minimum Gasteiger partial charge on any atom is -0.340 e. The lowest BCUT2D eigenvalue weighted by Gasteiger charge is -2.41. The fourth-order valence-electron chi connectivity index (χ4n) is 4.38. The van der Waals surface area contributed by atoms with E-state index in [1.807, 2.05) is 6.92 Å². The second kappa shape index (κ2) is 11.9. The van der Waals surface area contributed by atoms with Gasteiger partial charge in [0.15, 0.2) is 0 Å². The fraction of sp³-hybridized carbons (Fsp3) is 0.440. The first-order chi connectivity index (χ1) is 15.9. The Kier molecular flexibility index (Phi) is 8.91. The lowest BCUT2D eigenvalue weighted by Crippen LogP contribution is -2.52. The lowest BCUT2D eigenvalue weighted by molar-refractivity contribution is -0.157. The van der Waals surface area contributed by atoms with Crippen molar-refractivity contribution in [1.82, 2.24) is 14.9 Å². The molecule has 178 valence electrons. The van der Waals surface area contributed by atoms with E-state index in [0.29, 0.717) is 44.1 Å². The molecule has 3 rings (SSSR count). The molecule has 8 heteroatoms. The lowest BCUT2D eigenvalue weighted by atomic mass is 9.95. The Morgan fingerprint density at radius 2 is 1.52 bits per heavy atom. The van der Waals surface area contributed by atoms with Gasteiger partial charge in [-0.15, -0.1) is 0 Å². The molecule has 1 atom stereocenters. The third-order valence-corrected chi connectivity index (χ3v) is 6.15. The van der Waals surface area contributed by atoms with Gasteiger partial charge in [-0.2, -0.15) is 0 Å². The van der Waals surface area contributed by atoms with Gasteiger partial charge in [-0.3, -0.25) is 19.7 Å². The van der Waals surface area contributed by atoms with Crippen molar-refractivity contribution in [3.8, 4) is 0 Å². The van der Waals surface area contributed by atoms with Crippen LogP contribution in [-0.4, -0.2) is 65.1 Å². The van der Waals surface area contributed by atoms with Crippen LogP contribution in [0.5, 0.6) is 0 Å². The molecule has 2 amide bonds. The zero-order valence-electron chi connectivity index (χ0n) is 18.9. The first-order valence-corrected chi connectivity index (χ1v) is 11.4. The molecule has 0 spiro atoms. The molecule has 33 heavy (non-hydrogen) atoms. The van der Waals surface area contributed by atoms with E-state index in [2.05, 4.69) is 4.90 Å². The highest BCUT2D eigenvalue weighted by Crippen LogP contribution is 2.30. The highest BCUT2D eigenvalue weighted by Gasteiger charge is 2.31. The first-order valence-electron chi connectivity index (χ1n) is 11.4. The van der Waals surface area contributed by atoms with Gasteiger partial charge in [0.05, 0.1) is 18.5 Å². The van der Waals surface area contributed by atoms with Crippen LogP contribution in [0.25, 0.3) is 0 Å². The summed E-state index contributed by atoms with van der Waals surface area (Å²) in [6.07, 6.45) is 2.68. The second-order valence-corrected chi connectivity index (χ2v) is 8.43. The first kappa shape index (κ1) is 24.8. The molecule has 1 unspecified atom stereocenters. The highest BCUT2D eigenvalue weighted by molar-refractivity contribution is 5.79. The minimum atomic E-state index is -0.448. The third kappa shape index (κ3) is 6.58. The monoisotopic (exact) mass is 459 g/mol. The Labute approximate surface area is 193 Å². The van der Waals surface area contributed by atoms with Crippen LogP contribution >= 0.6 is 0 Å². The largest absolute Gasteiger partial charge is 0.340 e. The summed E-state index contributed by atoms with van der Waals surface area (Å²) in [5, 5.41) is 10.1. The average Bonchev–Trinajstić information content (AvgIpc) is 2.84. The summed E-state index contributed by atoms with van der Waals surface area (Å²) in [6, 6.07) is 12.4. The highest BCUT2D eigenvalue weighted by atomic mass is 19.1. The number of amides is 2. The molecule has 0 saturated carbocycles. The summed E-state index contributed by atoms with van der Waals surface area (Å²) < 4.78 is 27.0. The molecule has 1 fully saturated rings. The van der Waals surface area contributed by atoms with Crippen LogP contribution < -0.4 is 0 Å². The third-order valence-electron chi connectivity index (χ3n) is 6.15. The molecule has 1 aliphatic rings. The summed E-state index contributed by atoms with van der Waals surface area (Å²) in [7, 11) is 0. The van der Waals surface area contributed by atoms with E-state index < -0.39 is 5.92 Å². The number of rotatable bonds is 10. The summed E-state index contributed by atoms with van der Waals surface area (Å²) in [5.74, 6) is -1.16. The molecule has 1 N–H and O–H groups in total. The average molecular weight is 460 g/mol. The standard InChI is InChI=1S/C25H31F2N3O3/c1-2-3-4-21(17-30(33)18-31)25(32)29-15-13-28(14-16-29)24(19-5-9-22(26)10-6-19)20-7-11-23(27)12-8-20/h5-12,18,21,24,33H,2-4,13-17H2,1H3. The van der Waals surface area contributed by atoms with Crippen molar-refractivity contribution in [2.75, 3.05) is 32.7 Å². The Morgan fingerprint density at radius 3 is 1.97 bits per heavy atom. The molecule has 0 aromatic heterocycles. The van der Waals surface area contributed by atoms with E-state index in [-0.39, 0.29) is 30.1 Å². The fourth-order valence-corrected chi connectivity index (χ4v) is 4.38. The number of hydroxylamine groups is 2. The van der Waals surface area contributed by atoms with Crippen LogP contribution in [-0.2, 0) is 9.59 Å². The maximum absolute atomic E-state index is 13.5. The Bertz CT molecular complexity index is 855. The molecule has 0 radical (unpaired) electrons. The normalized spacial score (nSPS) is 15.5. The molecule has 0 bridgehead atoms. The van der Waals surface area contributed by atoms with Gasteiger partial charge in [0.2, 0.25) is 12.3 Å². The molecule has 1 heterocycles. The predicted molar refractivity (Wildman–Crippen MR) is 120 cm³/mol. The van der Waals surface area contributed by atoms with Crippen molar-refractivity contribution in [2.45, 2.75) is 32.2 Å². The molecule has 1 aliphatic heterocycles.